The van der Waals surface area contributed by atoms with Crippen LogP contribution in [-0.2, 0) is 9.47 Å². The summed E-state index contributed by atoms with van der Waals surface area (Å²) >= 11 is 0. The maximum Gasteiger partial charge on any atom is 0.410 e. The van der Waals surface area contributed by atoms with Crippen LogP contribution in [0.4, 0.5) is 4.79 Å². The Bertz CT molecular complexity index is 600. The van der Waals surface area contributed by atoms with Crippen LogP contribution < -0.4 is 10.6 Å². The first-order valence-corrected chi connectivity index (χ1v) is 8.10. The summed E-state index contributed by atoms with van der Waals surface area (Å²) < 4.78 is 10.2. The van der Waals surface area contributed by atoms with Crippen LogP contribution in [0.25, 0.3) is 0 Å². The highest BCUT2D eigenvalue weighted by Crippen LogP contribution is 2.16. The van der Waals surface area contributed by atoms with Gasteiger partial charge in [-0.05, 0) is 20.8 Å². The molecule has 1 aromatic heterocycles. The molecule has 138 valence electrons. The second-order valence-corrected chi connectivity index (χ2v) is 6.70. The molecule has 2 amide bonds. The third-order valence-electron chi connectivity index (χ3n) is 3.45. The summed E-state index contributed by atoms with van der Waals surface area (Å²) in [4.78, 5) is 34.1. The number of piperazine rings is 1. The summed E-state index contributed by atoms with van der Waals surface area (Å²) in [6.07, 6.45) is 2.57. The molecular formula is C16H25N5O4. The van der Waals surface area contributed by atoms with Gasteiger partial charge in [-0.25, -0.2) is 14.8 Å². The minimum absolute atomic E-state index is 0.121. The number of ether oxygens (including phenoxy) is 2. The molecule has 0 aliphatic carbocycles. The first kappa shape index (κ1) is 19.1. The highest BCUT2D eigenvalue weighted by molar-refractivity contribution is 5.93. The maximum absolute atomic E-state index is 12.2. The van der Waals surface area contributed by atoms with Gasteiger partial charge in [0.1, 0.15) is 18.2 Å². The lowest BCUT2D eigenvalue weighted by molar-refractivity contribution is 0.0192. The smallest absolute Gasteiger partial charge is 0.410 e. The number of hydrogen-bond donors (Lipinski definition) is 2. The number of methoxy groups -OCH3 is 1. The summed E-state index contributed by atoms with van der Waals surface area (Å²) in [6.45, 7) is 7.20. The fourth-order valence-corrected chi connectivity index (χ4v) is 2.29. The Morgan fingerprint density at radius 3 is 2.64 bits per heavy atom. The number of amides is 2. The van der Waals surface area contributed by atoms with E-state index in [4.69, 9.17) is 9.47 Å². The van der Waals surface area contributed by atoms with Crippen LogP contribution >= 0.6 is 0 Å². The van der Waals surface area contributed by atoms with Gasteiger partial charge in [0.15, 0.2) is 0 Å². The van der Waals surface area contributed by atoms with Gasteiger partial charge in [0, 0.05) is 39.1 Å². The van der Waals surface area contributed by atoms with Crippen molar-refractivity contribution >= 4 is 12.0 Å². The molecule has 0 saturated carbocycles. The summed E-state index contributed by atoms with van der Waals surface area (Å²) in [5.41, 5.74) is -0.189. The Kier molecular flexibility index (Phi) is 6.27. The van der Waals surface area contributed by atoms with Crippen LogP contribution in [0.15, 0.2) is 12.4 Å². The van der Waals surface area contributed by atoms with E-state index in [1.165, 1.54) is 19.5 Å². The Morgan fingerprint density at radius 1 is 1.36 bits per heavy atom. The molecular weight excluding hydrogens is 326 g/mol. The third-order valence-corrected chi connectivity index (χ3v) is 3.45. The van der Waals surface area contributed by atoms with Gasteiger partial charge in [0.2, 0.25) is 0 Å². The predicted octanol–water partition coefficient (Wildman–Crippen LogP) is 0.692. The highest BCUT2D eigenvalue weighted by Gasteiger charge is 2.29. The Hall–Kier alpha value is -2.26. The molecule has 0 aromatic carbocycles. The van der Waals surface area contributed by atoms with Gasteiger partial charge in [0.25, 0.3) is 5.91 Å². The van der Waals surface area contributed by atoms with E-state index < -0.39 is 5.60 Å². The number of nitrogens with zero attached hydrogens (tertiary/aromatic N) is 3. The van der Waals surface area contributed by atoms with E-state index in [1.807, 2.05) is 20.8 Å². The summed E-state index contributed by atoms with van der Waals surface area (Å²) in [5.74, 6) is 0.219. The van der Waals surface area contributed by atoms with Crippen LogP contribution in [0, 0.1) is 0 Å². The molecule has 2 heterocycles. The average Bonchev–Trinajstić information content (AvgIpc) is 2.58. The van der Waals surface area contributed by atoms with Gasteiger partial charge < -0.3 is 25.0 Å². The number of hydrogen-bond acceptors (Lipinski definition) is 7. The predicted molar refractivity (Wildman–Crippen MR) is 89.9 cm³/mol. The lowest BCUT2D eigenvalue weighted by Crippen LogP contribution is -2.50. The second kappa shape index (κ2) is 8.21. The fourth-order valence-electron chi connectivity index (χ4n) is 2.29. The van der Waals surface area contributed by atoms with E-state index in [2.05, 4.69) is 20.6 Å². The SMILES string of the molecule is COCNC(=O)c1cnc(C2CN(C(=O)OC(C)(C)C)CCN2)nc1. The normalized spacial score (nSPS) is 17.9. The monoisotopic (exact) mass is 351 g/mol. The van der Waals surface area contributed by atoms with E-state index in [9.17, 15) is 9.59 Å². The quantitative estimate of drug-likeness (QED) is 0.769. The molecule has 0 spiro atoms. The number of aromatic nitrogens is 2. The van der Waals surface area contributed by atoms with Crippen molar-refractivity contribution in [3.05, 3.63) is 23.8 Å². The minimum Gasteiger partial charge on any atom is -0.444 e. The summed E-state index contributed by atoms with van der Waals surface area (Å²) in [6, 6.07) is -0.211. The average molecular weight is 351 g/mol. The van der Waals surface area contributed by atoms with Crippen molar-refractivity contribution in [1.29, 1.82) is 0 Å². The van der Waals surface area contributed by atoms with E-state index in [1.54, 1.807) is 4.90 Å². The van der Waals surface area contributed by atoms with Gasteiger partial charge in [-0.1, -0.05) is 0 Å². The van der Waals surface area contributed by atoms with Crippen molar-refractivity contribution in [2.75, 3.05) is 33.5 Å². The molecule has 25 heavy (non-hydrogen) atoms. The lowest BCUT2D eigenvalue weighted by atomic mass is 10.2. The molecule has 1 aliphatic rings. The maximum atomic E-state index is 12.2. The molecule has 1 aliphatic heterocycles. The number of nitrogens with one attached hydrogen (secondary N) is 2. The van der Waals surface area contributed by atoms with Crippen LogP contribution in [0.2, 0.25) is 0 Å². The van der Waals surface area contributed by atoms with Crippen molar-refractivity contribution in [3.8, 4) is 0 Å². The Morgan fingerprint density at radius 2 is 2.04 bits per heavy atom. The first-order chi connectivity index (χ1) is 11.8. The zero-order valence-corrected chi connectivity index (χ0v) is 15.0. The fraction of sp³-hybridized carbons (Fsp3) is 0.625. The molecule has 0 radical (unpaired) electrons. The largest absolute Gasteiger partial charge is 0.444 e. The van der Waals surface area contributed by atoms with Crippen LogP contribution in [0.5, 0.6) is 0 Å². The summed E-state index contributed by atoms with van der Waals surface area (Å²) in [7, 11) is 1.49. The zero-order chi connectivity index (χ0) is 18.4. The third kappa shape index (κ3) is 5.64. The van der Waals surface area contributed by atoms with Crippen LogP contribution in [-0.4, -0.2) is 65.9 Å². The topological polar surface area (TPSA) is 106 Å². The van der Waals surface area contributed by atoms with Gasteiger partial charge in [-0.2, -0.15) is 0 Å². The van der Waals surface area contributed by atoms with Crippen molar-refractivity contribution in [1.82, 2.24) is 25.5 Å². The number of rotatable bonds is 4. The molecule has 2 N–H and O–H groups in total. The minimum atomic E-state index is -0.537. The van der Waals surface area contributed by atoms with E-state index >= 15 is 0 Å². The molecule has 1 unspecified atom stereocenters. The van der Waals surface area contributed by atoms with Crippen molar-refractivity contribution < 1.29 is 19.1 Å². The van der Waals surface area contributed by atoms with Gasteiger partial charge in [-0.15, -0.1) is 0 Å². The van der Waals surface area contributed by atoms with Gasteiger partial charge >= 0.3 is 6.09 Å². The molecule has 1 atom stereocenters. The molecule has 2 rings (SSSR count). The Balaban J connectivity index is 1.99. The van der Waals surface area contributed by atoms with Gasteiger partial charge in [0.05, 0.1) is 11.6 Å². The highest BCUT2D eigenvalue weighted by atomic mass is 16.6. The van der Waals surface area contributed by atoms with Gasteiger partial charge in [-0.3, -0.25) is 4.79 Å². The zero-order valence-electron chi connectivity index (χ0n) is 15.0. The van der Waals surface area contributed by atoms with E-state index in [-0.39, 0.29) is 24.8 Å². The molecule has 1 aromatic rings. The molecule has 1 saturated heterocycles. The Labute approximate surface area is 147 Å². The molecule has 9 heteroatoms. The molecule has 0 bridgehead atoms. The number of carbonyl (C=O) groups is 2. The second-order valence-electron chi connectivity index (χ2n) is 6.70. The van der Waals surface area contributed by atoms with Crippen LogP contribution in [0.3, 0.4) is 0 Å². The van der Waals surface area contributed by atoms with Crippen LogP contribution in [0.1, 0.15) is 43.0 Å². The standard InChI is InChI=1S/C16H25N5O4/c1-16(2,3)25-15(23)21-6-5-17-12(9-21)13-18-7-11(8-19-13)14(22)20-10-24-4/h7-8,12,17H,5-6,9-10H2,1-4H3,(H,20,22). The molecule has 1 fully saturated rings. The first-order valence-electron chi connectivity index (χ1n) is 8.10. The molecule has 9 nitrogen and oxygen atoms in total. The summed E-state index contributed by atoms with van der Waals surface area (Å²) in [5, 5.41) is 5.84. The number of carbonyl (C=O) groups excluding carboxylic acids is 2. The van der Waals surface area contributed by atoms with E-state index in [0.29, 0.717) is 31.0 Å². The lowest BCUT2D eigenvalue weighted by Gasteiger charge is -2.34. The van der Waals surface area contributed by atoms with Crippen molar-refractivity contribution in [2.45, 2.75) is 32.4 Å². The van der Waals surface area contributed by atoms with Crippen molar-refractivity contribution in [3.63, 3.8) is 0 Å². The van der Waals surface area contributed by atoms with Crippen molar-refractivity contribution in [2.24, 2.45) is 0 Å². The van der Waals surface area contributed by atoms with E-state index in [0.717, 1.165) is 0 Å².